The Labute approximate surface area is 168 Å². The summed E-state index contributed by atoms with van der Waals surface area (Å²) in [5, 5.41) is 0. The summed E-state index contributed by atoms with van der Waals surface area (Å²) in [6.45, 7) is 4.32. The van der Waals surface area contributed by atoms with Gasteiger partial charge in [0.05, 0.1) is 17.8 Å². The Morgan fingerprint density at radius 1 is 1.21 bits per heavy atom. The third kappa shape index (κ3) is 7.41. The zero-order valence-electron chi connectivity index (χ0n) is 16.4. The van der Waals surface area contributed by atoms with Gasteiger partial charge in [0.1, 0.15) is 6.10 Å². The zero-order chi connectivity index (χ0) is 21.8. The summed E-state index contributed by atoms with van der Waals surface area (Å²) in [4.78, 5) is 32.5. The van der Waals surface area contributed by atoms with Gasteiger partial charge in [-0.3, -0.25) is 9.36 Å². The molecule has 0 spiro atoms. The van der Waals surface area contributed by atoms with Gasteiger partial charge in [0.25, 0.3) is 5.91 Å². The quantitative estimate of drug-likeness (QED) is 0.634. The van der Waals surface area contributed by atoms with E-state index in [0.29, 0.717) is 25.9 Å². The number of halogens is 3. The van der Waals surface area contributed by atoms with Gasteiger partial charge in [0.2, 0.25) is 0 Å². The van der Waals surface area contributed by atoms with Gasteiger partial charge in [-0.15, -0.1) is 0 Å². The van der Waals surface area contributed by atoms with E-state index in [4.69, 9.17) is 14.5 Å². The standard InChI is InChI=1S/C19H27F3NO5P/c1-13(2)28-17(9-12-29(25,26)27)18(24)23-10-7-15(8-11-23)14-3-5-16(6-4-14)19(20,21)22/h3-6,13,15,17H,7-12H2,1-2H3,(H2,25,26,27)/t17-/m0/s1. The molecule has 1 saturated heterocycles. The minimum Gasteiger partial charge on any atom is -0.366 e. The molecular formula is C19H27F3NO5P. The number of benzene rings is 1. The van der Waals surface area contributed by atoms with Crippen LogP contribution in [0.25, 0.3) is 0 Å². The third-order valence-corrected chi connectivity index (χ3v) is 5.75. The summed E-state index contributed by atoms with van der Waals surface area (Å²) < 4.78 is 54.8. The highest BCUT2D eigenvalue weighted by Crippen LogP contribution is 2.36. The average Bonchev–Trinajstić information content (AvgIpc) is 2.63. The van der Waals surface area contributed by atoms with Crippen LogP contribution in [-0.4, -0.2) is 52.1 Å². The van der Waals surface area contributed by atoms with Crippen molar-refractivity contribution in [2.45, 2.75) is 57.4 Å². The normalized spacial score (nSPS) is 17.6. The summed E-state index contributed by atoms with van der Waals surface area (Å²) in [7, 11) is -4.24. The monoisotopic (exact) mass is 437 g/mol. The molecule has 10 heteroatoms. The van der Waals surface area contributed by atoms with Crippen LogP contribution in [0.5, 0.6) is 0 Å². The second kappa shape index (κ2) is 9.60. The molecule has 6 nitrogen and oxygen atoms in total. The van der Waals surface area contributed by atoms with Crippen molar-refractivity contribution in [1.82, 2.24) is 4.90 Å². The summed E-state index contributed by atoms with van der Waals surface area (Å²) in [5.74, 6) is -0.251. The fourth-order valence-electron chi connectivity index (χ4n) is 3.44. The van der Waals surface area contributed by atoms with Crippen molar-refractivity contribution in [3.05, 3.63) is 35.4 Å². The molecule has 0 unspecified atom stereocenters. The van der Waals surface area contributed by atoms with Crippen molar-refractivity contribution in [3.8, 4) is 0 Å². The number of ether oxygens (including phenoxy) is 1. The van der Waals surface area contributed by atoms with Crippen molar-refractivity contribution in [2.24, 2.45) is 0 Å². The van der Waals surface area contributed by atoms with Gasteiger partial charge in [-0.05, 0) is 56.7 Å². The first kappa shape index (κ1) is 23.9. The summed E-state index contributed by atoms with van der Waals surface area (Å²) in [6.07, 6.45) is -4.87. The summed E-state index contributed by atoms with van der Waals surface area (Å²) >= 11 is 0. The van der Waals surface area contributed by atoms with Crippen LogP contribution in [0.1, 0.15) is 50.2 Å². The topological polar surface area (TPSA) is 87.1 Å². The van der Waals surface area contributed by atoms with Crippen LogP contribution in [0.15, 0.2) is 24.3 Å². The van der Waals surface area contributed by atoms with Crippen LogP contribution in [0.2, 0.25) is 0 Å². The molecule has 0 saturated carbocycles. The number of amides is 1. The molecule has 1 aromatic rings. The maximum Gasteiger partial charge on any atom is 0.416 e. The Morgan fingerprint density at radius 3 is 2.21 bits per heavy atom. The Morgan fingerprint density at radius 2 is 1.76 bits per heavy atom. The lowest BCUT2D eigenvalue weighted by molar-refractivity contribution is -0.147. The van der Waals surface area contributed by atoms with Gasteiger partial charge in [-0.25, -0.2) is 0 Å². The van der Waals surface area contributed by atoms with Crippen LogP contribution < -0.4 is 0 Å². The number of carbonyl (C=O) groups excluding carboxylic acids is 1. The molecule has 0 aliphatic carbocycles. The highest BCUT2D eigenvalue weighted by Gasteiger charge is 2.33. The van der Waals surface area contributed by atoms with Crippen LogP contribution >= 0.6 is 7.60 Å². The third-order valence-electron chi connectivity index (χ3n) is 4.91. The zero-order valence-corrected chi connectivity index (χ0v) is 17.3. The first-order valence-electron chi connectivity index (χ1n) is 9.53. The maximum absolute atomic E-state index is 12.8. The number of hydrogen-bond donors (Lipinski definition) is 2. The predicted octanol–water partition coefficient (Wildman–Crippen LogP) is 3.77. The minimum absolute atomic E-state index is 0.0564. The Hall–Kier alpha value is -1.41. The van der Waals surface area contributed by atoms with Gasteiger partial charge >= 0.3 is 13.8 Å². The molecule has 0 bridgehead atoms. The van der Waals surface area contributed by atoms with Gasteiger partial charge in [0.15, 0.2) is 0 Å². The first-order valence-corrected chi connectivity index (χ1v) is 11.3. The Bertz CT molecular complexity index is 724. The van der Waals surface area contributed by atoms with Crippen LogP contribution in [0.3, 0.4) is 0 Å². The number of hydrogen-bond acceptors (Lipinski definition) is 3. The molecule has 1 aliphatic heterocycles. The molecule has 1 aromatic carbocycles. The largest absolute Gasteiger partial charge is 0.416 e. The molecular weight excluding hydrogens is 410 g/mol. The molecule has 0 radical (unpaired) electrons. The number of nitrogens with zero attached hydrogens (tertiary/aromatic N) is 1. The van der Waals surface area contributed by atoms with E-state index in [0.717, 1.165) is 17.7 Å². The van der Waals surface area contributed by atoms with Crippen molar-refractivity contribution < 1.29 is 37.1 Å². The predicted molar refractivity (Wildman–Crippen MR) is 102 cm³/mol. The molecule has 1 amide bonds. The molecule has 2 N–H and O–H groups in total. The molecule has 2 rings (SSSR count). The number of likely N-dealkylation sites (tertiary alicyclic amines) is 1. The number of rotatable bonds is 7. The van der Waals surface area contributed by atoms with Gasteiger partial charge < -0.3 is 19.4 Å². The van der Waals surface area contributed by atoms with E-state index in [1.807, 2.05) is 0 Å². The maximum atomic E-state index is 12.8. The Kier molecular flexibility index (Phi) is 7.90. The van der Waals surface area contributed by atoms with Crippen LogP contribution in [-0.2, 0) is 20.3 Å². The van der Waals surface area contributed by atoms with Crippen LogP contribution in [0.4, 0.5) is 13.2 Å². The first-order chi connectivity index (χ1) is 13.4. The van der Waals surface area contributed by atoms with Gasteiger partial charge in [-0.2, -0.15) is 13.2 Å². The average molecular weight is 437 g/mol. The lowest BCUT2D eigenvalue weighted by Gasteiger charge is -2.35. The molecule has 1 atom stereocenters. The number of carbonyl (C=O) groups is 1. The lowest BCUT2D eigenvalue weighted by Crippen LogP contribution is -2.45. The van der Waals surface area contributed by atoms with Gasteiger partial charge in [0, 0.05) is 13.1 Å². The summed E-state index contributed by atoms with van der Waals surface area (Å²) in [5.41, 5.74) is 0.120. The molecule has 29 heavy (non-hydrogen) atoms. The molecule has 1 fully saturated rings. The molecule has 1 aliphatic rings. The summed E-state index contributed by atoms with van der Waals surface area (Å²) in [6, 6.07) is 5.11. The van der Waals surface area contributed by atoms with Crippen molar-refractivity contribution in [3.63, 3.8) is 0 Å². The van der Waals surface area contributed by atoms with Gasteiger partial charge in [-0.1, -0.05) is 12.1 Å². The van der Waals surface area contributed by atoms with E-state index >= 15 is 0 Å². The second-order valence-electron chi connectivity index (χ2n) is 7.57. The van der Waals surface area contributed by atoms with E-state index < -0.39 is 31.6 Å². The number of alkyl halides is 3. The van der Waals surface area contributed by atoms with E-state index in [9.17, 15) is 22.5 Å². The molecule has 1 heterocycles. The van der Waals surface area contributed by atoms with Crippen LogP contribution in [0, 0.1) is 0 Å². The number of piperidine rings is 1. The Balaban J connectivity index is 1.97. The second-order valence-corrected chi connectivity index (χ2v) is 9.35. The smallest absolute Gasteiger partial charge is 0.366 e. The van der Waals surface area contributed by atoms with E-state index in [2.05, 4.69) is 0 Å². The van der Waals surface area contributed by atoms with Crippen molar-refractivity contribution in [2.75, 3.05) is 19.3 Å². The minimum atomic E-state index is -4.37. The van der Waals surface area contributed by atoms with E-state index in [1.165, 1.54) is 12.1 Å². The van der Waals surface area contributed by atoms with E-state index in [-0.39, 0.29) is 24.3 Å². The highest BCUT2D eigenvalue weighted by molar-refractivity contribution is 7.51. The fourth-order valence-corrected chi connectivity index (χ4v) is 4.02. The SMILES string of the molecule is CC(C)O[C@@H](CCP(=O)(O)O)C(=O)N1CCC(c2ccc(C(F)(F)F)cc2)CC1. The molecule has 0 aromatic heterocycles. The molecule has 164 valence electrons. The fraction of sp³-hybridized carbons (Fsp3) is 0.632. The van der Waals surface area contributed by atoms with E-state index in [1.54, 1.807) is 18.7 Å². The van der Waals surface area contributed by atoms with Crippen molar-refractivity contribution in [1.29, 1.82) is 0 Å². The lowest BCUT2D eigenvalue weighted by atomic mass is 9.88. The highest BCUT2D eigenvalue weighted by atomic mass is 31.2. The van der Waals surface area contributed by atoms with Crippen molar-refractivity contribution >= 4 is 13.5 Å².